The number of hydrogen-bond acceptors (Lipinski definition) is 5. The molecule has 1 aromatic heterocycles. The number of nitrogens with zero attached hydrogens (tertiary/aromatic N) is 3. The van der Waals surface area contributed by atoms with Crippen LogP contribution in [0.25, 0.3) is 5.69 Å². The molecular weight excluding hydrogens is 342 g/mol. The smallest absolute Gasteiger partial charge is 0.321 e. The van der Waals surface area contributed by atoms with Gasteiger partial charge in [0.05, 0.1) is 24.7 Å². The molecule has 0 fully saturated rings. The molecule has 1 heterocycles. The Morgan fingerprint density at radius 2 is 1.96 bits per heavy atom. The molecule has 0 atom stereocenters. The van der Waals surface area contributed by atoms with Gasteiger partial charge in [-0.05, 0) is 25.0 Å². The van der Waals surface area contributed by atoms with Crippen LogP contribution in [0, 0.1) is 5.92 Å². The molecule has 2 rings (SSSR count). The standard InChI is InChI=1S/C17H23N3O4S/c1-4-24-17(21)13-19(11-14(2)3)25(22,23)16-10-18-20(12-16)15-8-6-5-7-9-15/h5-10,12,14H,4,11,13H2,1-3H3. The minimum absolute atomic E-state index is 0.0429. The normalized spacial score (nSPS) is 11.9. The van der Waals surface area contributed by atoms with Crippen LogP contribution < -0.4 is 0 Å². The fraction of sp³-hybridized carbons (Fsp3) is 0.412. The van der Waals surface area contributed by atoms with Gasteiger partial charge in [0.25, 0.3) is 0 Å². The summed E-state index contributed by atoms with van der Waals surface area (Å²) in [5, 5.41) is 4.12. The Hall–Kier alpha value is -2.19. The van der Waals surface area contributed by atoms with E-state index in [1.807, 2.05) is 44.2 Å². The lowest BCUT2D eigenvalue weighted by Gasteiger charge is -2.22. The molecule has 8 heteroatoms. The van der Waals surface area contributed by atoms with Crippen LogP contribution in [0.5, 0.6) is 0 Å². The summed E-state index contributed by atoms with van der Waals surface area (Å²) in [6.45, 7) is 5.58. The van der Waals surface area contributed by atoms with Crippen molar-refractivity contribution in [1.29, 1.82) is 0 Å². The average molecular weight is 365 g/mol. The molecule has 0 amide bonds. The summed E-state index contributed by atoms with van der Waals surface area (Å²) in [6, 6.07) is 9.21. The Bertz CT molecular complexity index is 800. The first-order chi connectivity index (χ1) is 11.8. The molecule has 0 radical (unpaired) electrons. The second kappa shape index (κ2) is 8.26. The molecule has 1 aromatic carbocycles. The molecule has 0 aliphatic carbocycles. The maximum Gasteiger partial charge on any atom is 0.321 e. The van der Waals surface area contributed by atoms with Gasteiger partial charge >= 0.3 is 5.97 Å². The summed E-state index contributed by atoms with van der Waals surface area (Å²) in [7, 11) is -3.85. The largest absolute Gasteiger partial charge is 0.465 e. The topological polar surface area (TPSA) is 81.5 Å². The fourth-order valence-electron chi connectivity index (χ4n) is 2.32. The predicted octanol–water partition coefficient (Wildman–Crippen LogP) is 2.08. The summed E-state index contributed by atoms with van der Waals surface area (Å²) < 4.78 is 33.4. The lowest BCUT2D eigenvalue weighted by Crippen LogP contribution is -2.38. The van der Waals surface area contributed by atoms with Crippen molar-refractivity contribution in [2.75, 3.05) is 19.7 Å². The highest BCUT2D eigenvalue weighted by atomic mass is 32.2. The third-order valence-corrected chi connectivity index (χ3v) is 5.16. The molecule has 0 bridgehead atoms. The van der Waals surface area contributed by atoms with Gasteiger partial charge in [-0.3, -0.25) is 4.79 Å². The van der Waals surface area contributed by atoms with Gasteiger partial charge in [0.2, 0.25) is 10.0 Å². The van der Waals surface area contributed by atoms with Crippen LogP contribution in [-0.4, -0.2) is 48.2 Å². The number of esters is 1. The van der Waals surface area contributed by atoms with Gasteiger partial charge in [-0.15, -0.1) is 0 Å². The summed E-state index contributed by atoms with van der Waals surface area (Å²) in [5.41, 5.74) is 0.754. The molecule has 0 aliphatic heterocycles. The molecule has 0 spiro atoms. The van der Waals surface area contributed by atoms with Crippen molar-refractivity contribution in [1.82, 2.24) is 14.1 Å². The van der Waals surface area contributed by atoms with Crippen molar-refractivity contribution < 1.29 is 17.9 Å². The van der Waals surface area contributed by atoms with Gasteiger partial charge in [-0.2, -0.15) is 9.40 Å². The highest BCUT2D eigenvalue weighted by Crippen LogP contribution is 2.18. The Morgan fingerprint density at radius 1 is 1.28 bits per heavy atom. The van der Waals surface area contributed by atoms with Crippen LogP contribution in [0.3, 0.4) is 0 Å². The number of carbonyl (C=O) groups excluding carboxylic acids is 1. The number of aromatic nitrogens is 2. The van der Waals surface area contributed by atoms with Crippen LogP contribution in [-0.2, 0) is 19.6 Å². The second-order valence-electron chi connectivity index (χ2n) is 5.95. The van der Waals surface area contributed by atoms with Crippen molar-refractivity contribution in [3.05, 3.63) is 42.7 Å². The van der Waals surface area contributed by atoms with Crippen molar-refractivity contribution in [3.63, 3.8) is 0 Å². The number of carbonyl (C=O) groups is 1. The van der Waals surface area contributed by atoms with E-state index >= 15 is 0 Å². The number of benzene rings is 1. The molecule has 136 valence electrons. The van der Waals surface area contributed by atoms with Gasteiger partial charge in [0.15, 0.2) is 0 Å². The average Bonchev–Trinajstić information content (AvgIpc) is 3.05. The Kier molecular flexibility index (Phi) is 6.33. The maximum atomic E-state index is 12.9. The first-order valence-electron chi connectivity index (χ1n) is 8.10. The van der Waals surface area contributed by atoms with E-state index in [2.05, 4.69) is 5.10 Å². The Morgan fingerprint density at radius 3 is 2.56 bits per heavy atom. The van der Waals surface area contributed by atoms with E-state index < -0.39 is 16.0 Å². The first-order valence-corrected chi connectivity index (χ1v) is 9.54. The van der Waals surface area contributed by atoms with Gasteiger partial charge in [0, 0.05) is 6.54 Å². The Labute approximate surface area is 148 Å². The summed E-state index contributed by atoms with van der Waals surface area (Å²) in [5.74, 6) is -0.504. The zero-order valence-corrected chi connectivity index (χ0v) is 15.4. The number of sulfonamides is 1. The highest BCUT2D eigenvalue weighted by Gasteiger charge is 2.29. The molecule has 0 saturated heterocycles. The summed E-state index contributed by atoms with van der Waals surface area (Å²) in [4.78, 5) is 11.8. The predicted molar refractivity (Wildman–Crippen MR) is 93.8 cm³/mol. The lowest BCUT2D eigenvalue weighted by atomic mass is 10.2. The molecule has 0 unspecified atom stereocenters. The molecule has 0 saturated carbocycles. The van der Waals surface area contributed by atoms with E-state index in [0.29, 0.717) is 0 Å². The number of hydrogen-bond donors (Lipinski definition) is 0. The molecule has 0 N–H and O–H groups in total. The second-order valence-corrected chi connectivity index (χ2v) is 7.89. The van der Waals surface area contributed by atoms with Gasteiger partial charge in [-0.25, -0.2) is 13.1 Å². The lowest BCUT2D eigenvalue weighted by molar-refractivity contribution is -0.143. The molecule has 25 heavy (non-hydrogen) atoms. The Balaban J connectivity index is 2.30. The molecule has 2 aromatic rings. The SMILES string of the molecule is CCOC(=O)CN(CC(C)C)S(=O)(=O)c1cnn(-c2ccccc2)c1. The number of rotatable bonds is 8. The van der Waals surface area contributed by atoms with Crippen molar-refractivity contribution >= 4 is 16.0 Å². The minimum Gasteiger partial charge on any atom is -0.465 e. The van der Waals surface area contributed by atoms with Crippen LogP contribution in [0.15, 0.2) is 47.6 Å². The van der Waals surface area contributed by atoms with E-state index in [9.17, 15) is 13.2 Å². The number of para-hydroxylation sites is 1. The van der Waals surface area contributed by atoms with Gasteiger partial charge < -0.3 is 4.74 Å². The van der Waals surface area contributed by atoms with E-state index in [-0.39, 0.29) is 30.5 Å². The number of ether oxygens (including phenoxy) is 1. The van der Waals surface area contributed by atoms with Gasteiger partial charge in [-0.1, -0.05) is 32.0 Å². The van der Waals surface area contributed by atoms with Crippen LogP contribution in [0.1, 0.15) is 20.8 Å². The van der Waals surface area contributed by atoms with E-state index in [0.717, 1.165) is 9.99 Å². The van der Waals surface area contributed by atoms with Crippen molar-refractivity contribution in [2.24, 2.45) is 5.92 Å². The minimum atomic E-state index is -3.85. The molecular formula is C17H23N3O4S. The zero-order chi connectivity index (χ0) is 18.4. The summed E-state index contributed by atoms with van der Waals surface area (Å²) >= 11 is 0. The zero-order valence-electron chi connectivity index (χ0n) is 14.6. The van der Waals surface area contributed by atoms with Crippen molar-refractivity contribution in [3.8, 4) is 5.69 Å². The third kappa shape index (κ3) is 4.90. The van der Waals surface area contributed by atoms with E-state index in [1.165, 1.54) is 17.1 Å². The summed E-state index contributed by atoms with van der Waals surface area (Å²) in [6.07, 6.45) is 2.74. The third-order valence-electron chi connectivity index (χ3n) is 3.40. The highest BCUT2D eigenvalue weighted by molar-refractivity contribution is 7.89. The van der Waals surface area contributed by atoms with Crippen LogP contribution in [0.2, 0.25) is 0 Å². The van der Waals surface area contributed by atoms with Crippen LogP contribution >= 0.6 is 0 Å². The van der Waals surface area contributed by atoms with E-state index in [1.54, 1.807) is 6.92 Å². The molecule has 7 nitrogen and oxygen atoms in total. The quantitative estimate of drug-likeness (QED) is 0.669. The first kappa shape index (κ1) is 19.1. The van der Waals surface area contributed by atoms with Crippen molar-refractivity contribution in [2.45, 2.75) is 25.7 Å². The molecule has 0 aliphatic rings. The van der Waals surface area contributed by atoms with E-state index in [4.69, 9.17) is 4.74 Å². The fourth-order valence-corrected chi connectivity index (χ4v) is 3.80. The van der Waals surface area contributed by atoms with Crippen LogP contribution in [0.4, 0.5) is 0 Å². The monoisotopic (exact) mass is 365 g/mol. The maximum absolute atomic E-state index is 12.9. The van der Waals surface area contributed by atoms with Gasteiger partial charge in [0.1, 0.15) is 11.4 Å².